The largest absolute Gasteiger partial charge is 0.497 e. The van der Waals surface area contributed by atoms with Crippen LogP contribution in [0.4, 0.5) is 0 Å². The van der Waals surface area contributed by atoms with E-state index in [2.05, 4.69) is 4.90 Å². The first-order valence-electron chi connectivity index (χ1n) is 12.3. The number of nitrogens with zero attached hydrogens (tertiary/aromatic N) is 3. The second kappa shape index (κ2) is 10.5. The lowest BCUT2D eigenvalue weighted by atomic mass is 9.97. The number of ether oxygens (including phenoxy) is 5. The fourth-order valence-electron chi connectivity index (χ4n) is 5.16. The Balaban J connectivity index is 1.41. The molecule has 3 aliphatic heterocycles. The molecule has 2 fully saturated rings. The molecule has 1 amide bonds. The zero-order chi connectivity index (χ0) is 25.1. The second-order valence-electron chi connectivity index (χ2n) is 9.23. The third-order valence-electron chi connectivity index (χ3n) is 7.16. The van der Waals surface area contributed by atoms with Crippen molar-refractivity contribution in [2.75, 3.05) is 54.2 Å². The lowest BCUT2D eigenvalue weighted by Crippen LogP contribution is -2.48. The number of amides is 1. The van der Waals surface area contributed by atoms with Gasteiger partial charge in [-0.3, -0.25) is 9.69 Å². The van der Waals surface area contributed by atoms with Gasteiger partial charge >= 0.3 is 0 Å². The Hall–Kier alpha value is -3.14. The maximum absolute atomic E-state index is 13.7. The maximum atomic E-state index is 13.7. The fourth-order valence-corrected chi connectivity index (χ4v) is 5.16. The highest BCUT2D eigenvalue weighted by molar-refractivity contribution is 6.03. The van der Waals surface area contributed by atoms with Crippen molar-refractivity contribution in [2.24, 2.45) is 5.10 Å². The van der Waals surface area contributed by atoms with Gasteiger partial charge in [-0.1, -0.05) is 12.1 Å². The predicted molar refractivity (Wildman–Crippen MR) is 134 cm³/mol. The van der Waals surface area contributed by atoms with Crippen molar-refractivity contribution in [2.45, 2.75) is 31.1 Å². The molecule has 3 aliphatic rings. The first-order chi connectivity index (χ1) is 17.5. The Morgan fingerprint density at radius 2 is 1.72 bits per heavy atom. The lowest BCUT2D eigenvalue weighted by Gasteiger charge is -2.37. The topological polar surface area (TPSA) is 82.1 Å². The molecule has 36 heavy (non-hydrogen) atoms. The van der Waals surface area contributed by atoms with E-state index in [1.54, 1.807) is 26.3 Å². The number of hydrogen-bond acceptors (Lipinski definition) is 8. The van der Waals surface area contributed by atoms with Crippen molar-refractivity contribution < 1.29 is 28.5 Å². The van der Waals surface area contributed by atoms with Crippen LogP contribution in [0.5, 0.6) is 17.2 Å². The number of carbonyl (C=O) groups excluding carboxylic acids is 1. The molecule has 0 aliphatic carbocycles. The van der Waals surface area contributed by atoms with Crippen molar-refractivity contribution in [1.82, 2.24) is 9.91 Å². The molecule has 2 aromatic carbocycles. The summed E-state index contributed by atoms with van der Waals surface area (Å²) in [4.78, 5) is 15.8. The number of methoxy groups -OCH3 is 3. The summed E-state index contributed by atoms with van der Waals surface area (Å²) < 4.78 is 28.2. The van der Waals surface area contributed by atoms with E-state index in [-0.39, 0.29) is 18.5 Å². The molecule has 9 nitrogen and oxygen atoms in total. The molecule has 192 valence electrons. The van der Waals surface area contributed by atoms with Gasteiger partial charge in [-0.15, -0.1) is 0 Å². The first-order valence-corrected chi connectivity index (χ1v) is 12.3. The van der Waals surface area contributed by atoms with E-state index in [1.165, 1.54) is 0 Å². The van der Waals surface area contributed by atoms with Crippen LogP contribution in [0.2, 0.25) is 0 Å². The summed E-state index contributed by atoms with van der Waals surface area (Å²) in [5, 5.41) is 6.44. The number of benzene rings is 2. The lowest BCUT2D eigenvalue weighted by molar-refractivity contribution is -0.186. The van der Waals surface area contributed by atoms with Crippen molar-refractivity contribution in [3.8, 4) is 17.2 Å². The average Bonchev–Trinajstić information content (AvgIpc) is 3.57. The Bertz CT molecular complexity index is 1120. The highest BCUT2D eigenvalue weighted by Crippen LogP contribution is 2.40. The molecular weight excluding hydrogens is 462 g/mol. The molecule has 5 rings (SSSR count). The standard InChI is InChI=1S/C27H33N3O6/c1-32-20-6-4-5-19(15-20)23-17-24(22-16-21(33-2)7-8-25(22)34-3)30(28-23)26(31)18-29-11-9-27(10-12-29)35-13-14-36-27/h4-8,15-16,24H,9-14,17-18H2,1-3H3. The molecule has 1 spiro atoms. The van der Waals surface area contributed by atoms with Gasteiger partial charge in [0.1, 0.15) is 17.2 Å². The van der Waals surface area contributed by atoms with Gasteiger partial charge in [0, 0.05) is 43.5 Å². The van der Waals surface area contributed by atoms with Gasteiger partial charge in [0.05, 0.1) is 52.8 Å². The average molecular weight is 496 g/mol. The minimum absolute atomic E-state index is 0.0630. The molecular formula is C27H33N3O6. The van der Waals surface area contributed by atoms with Crippen molar-refractivity contribution in [3.63, 3.8) is 0 Å². The SMILES string of the molecule is COc1cccc(C2=NN(C(=O)CN3CCC4(CC3)OCCO4)C(c3cc(OC)ccc3OC)C2)c1. The maximum Gasteiger partial charge on any atom is 0.257 e. The molecule has 0 aromatic heterocycles. The smallest absolute Gasteiger partial charge is 0.257 e. The highest BCUT2D eigenvalue weighted by Gasteiger charge is 2.41. The van der Waals surface area contributed by atoms with Gasteiger partial charge < -0.3 is 23.7 Å². The van der Waals surface area contributed by atoms with Crippen LogP contribution in [-0.4, -0.2) is 81.5 Å². The van der Waals surface area contributed by atoms with Crippen molar-refractivity contribution in [1.29, 1.82) is 0 Å². The molecule has 0 radical (unpaired) electrons. The summed E-state index contributed by atoms with van der Waals surface area (Å²) in [6.07, 6.45) is 2.06. The molecule has 2 saturated heterocycles. The van der Waals surface area contributed by atoms with E-state index in [0.717, 1.165) is 48.5 Å². The van der Waals surface area contributed by atoms with Gasteiger partial charge in [-0.05, 0) is 30.3 Å². The van der Waals surface area contributed by atoms with Crippen LogP contribution in [0.3, 0.4) is 0 Å². The van der Waals surface area contributed by atoms with Gasteiger partial charge in [0.2, 0.25) is 0 Å². The van der Waals surface area contributed by atoms with Gasteiger partial charge in [0.15, 0.2) is 5.79 Å². The number of hydrazone groups is 1. The normalized spacial score (nSPS) is 21.5. The van der Waals surface area contributed by atoms with E-state index in [9.17, 15) is 4.79 Å². The Morgan fingerprint density at radius 1 is 1.00 bits per heavy atom. The minimum Gasteiger partial charge on any atom is -0.497 e. The van der Waals surface area contributed by atoms with E-state index in [4.69, 9.17) is 28.8 Å². The number of hydrogen-bond donors (Lipinski definition) is 0. The zero-order valence-corrected chi connectivity index (χ0v) is 21.1. The number of rotatable bonds is 7. The molecule has 0 bridgehead atoms. The third kappa shape index (κ3) is 4.91. The molecule has 0 saturated carbocycles. The molecule has 1 atom stereocenters. The van der Waals surface area contributed by atoms with Crippen LogP contribution in [-0.2, 0) is 14.3 Å². The highest BCUT2D eigenvalue weighted by atomic mass is 16.7. The Morgan fingerprint density at radius 3 is 2.42 bits per heavy atom. The fraction of sp³-hybridized carbons (Fsp3) is 0.481. The monoisotopic (exact) mass is 495 g/mol. The van der Waals surface area contributed by atoms with Gasteiger partial charge in [0.25, 0.3) is 5.91 Å². The molecule has 1 unspecified atom stereocenters. The Kier molecular flexibility index (Phi) is 7.13. The molecule has 2 aromatic rings. The quantitative estimate of drug-likeness (QED) is 0.583. The summed E-state index contributed by atoms with van der Waals surface area (Å²) in [6, 6.07) is 13.1. The van der Waals surface area contributed by atoms with Crippen LogP contribution in [0, 0.1) is 0 Å². The van der Waals surface area contributed by atoms with Gasteiger partial charge in [-0.25, -0.2) is 5.01 Å². The summed E-state index contributed by atoms with van der Waals surface area (Å²) in [7, 11) is 4.90. The van der Waals surface area contributed by atoms with E-state index in [0.29, 0.717) is 31.1 Å². The zero-order valence-electron chi connectivity index (χ0n) is 21.1. The molecule has 0 N–H and O–H groups in total. The molecule has 3 heterocycles. The van der Waals surface area contributed by atoms with Crippen LogP contribution in [0.25, 0.3) is 0 Å². The van der Waals surface area contributed by atoms with E-state index >= 15 is 0 Å². The number of likely N-dealkylation sites (tertiary alicyclic amines) is 1. The number of carbonyl (C=O) groups is 1. The predicted octanol–water partition coefficient (Wildman–Crippen LogP) is 3.23. The second-order valence-corrected chi connectivity index (χ2v) is 9.23. The third-order valence-corrected chi connectivity index (χ3v) is 7.16. The minimum atomic E-state index is -0.471. The van der Waals surface area contributed by atoms with Crippen LogP contribution in [0.15, 0.2) is 47.6 Å². The van der Waals surface area contributed by atoms with Crippen LogP contribution < -0.4 is 14.2 Å². The summed E-state index contributed by atoms with van der Waals surface area (Å²) in [5.41, 5.74) is 2.60. The Labute approximate surface area is 211 Å². The van der Waals surface area contributed by atoms with Crippen molar-refractivity contribution >= 4 is 11.6 Å². The van der Waals surface area contributed by atoms with Crippen molar-refractivity contribution in [3.05, 3.63) is 53.6 Å². The van der Waals surface area contributed by atoms with E-state index < -0.39 is 5.79 Å². The summed E-state index contributed by atoms with van der Waals surface area (Å²) in [6.45, 7) is 3.02. The van der Waals surface area contributed by atoms with Crippen LogP contribution in [0.1, 0.15) is 36.4 Å². The van der Waals surface area contributed by atoms with E-state index in [1.807, 2.05) is 42.5 Å². The number of piperidine rings is 1. The van der Waals surface area contributed by atoms with Gasteiger partial charge in [-0.2, -0.15) is 5.10 Å². The summed E-state index contributed by atoms with van der Waals surface area (Å²) in [5.74, 6) is 1.60. The first kappa shape index (κ1) is 24.5. The van der Waals surface area contributed by atoms with Crippen LogP contribution >= 0.6 is 0 Å². The molecule has 9 heteroatoms. The summed E-state index contributed by atoms with van der Waals surface area (Å²) >= 11 is 0.